The van der Waals surface area contributed by atoms with Crippen molar-refractivity contribution in [2.45, 2.75) is 39.5 Å². The largest absolute Gasteiger partial charge is 0.481 e. The minimum absolute atomic E-state index is 0.0968. The Labute approximate surface area is 242 Å². The van der Waals surface area contributed by atoms with Gasteiger partial charge in [-0.1, -0.05) is 79.0 Å². The number of rotatable bonds is 10. The molecule has 0 fully saturated rings. The maximum Gasteiger partial charge on any atom is 0.307 e. The van der Waals surface area contributed by atoms with Gasteiger partial charge >= 0.3 is 5.97 Å². The molecule has 0 saturated carbocycles. The van der Waals surface area contributed by atoms with E-state index in [2.05, 4.69) is 40.1 Å². The third-order valence-electron chi connectivity index (χ3n) is 5.54. The molecule has 0 bridgehead atoms. The van der Waals surface area contributed by atoms with Crippen molar-refractivity contribution in [3.63, 3.8) is 0 Å². The van der Waals surface area contributed by atoms with E-state index in [9.17, 15) is 9.59 Å². The number of carbonyl (C=O) groups is 2. The number of halogens is 1. The van der Waals surface area contributed by atoms with Gasteiger partial charge in [0.2, 0.25) is 5.78 Å². The average Bonchev–Trinajstić information content (AvgIpc) is 3.62. The van der Waals surface area contributed by atoms with Crippen LogP contribution >= 0.6 is 38.6 Å². The van der Waals surface area contributed by atoms with Crippen LogP contribution in [0.5, 0.6) is 0 Å². The monoisotopic (exact) mass is 619 g/mol. The molecule has 6 nitrogen and oxygen atoms in total. The molecule has 0 aliphatic carbocycles. The van der Waals surface area contributed by atoms with E-state index >= 15 is 0 Å². The predicted octanol–water partition coefficient (Wildman–Crippen LogP) is 7.55. The van der Waals surface area contributed by atoms with Crippen molar-refractivity contribution in [2.75, 3.05) is 24.7 Å². The highest BCUT2D eigenvalue weighted by molar-refractivity contribution is 9.08. The summed E-state index contributed by atoms with van der Waals surface area (Å²) in [5.74, 6) is 1.91. The number of thiazole rings is 1. The summed E-state index contributed by atoms with van der Waals surface area (Å²) in [7, 11) is 0. The zero-order valence-corrected chi connectivity index (χ0v) is 25.4. The highest BCUT2D eigenvalue weighted by Gasteiger charge is 2.08. The van der Waals surface area contributed by atoms with Crippen LogP contribution in [-0.2, 0) is 11.2 Å². The molecule has 0 aliphatic heterocycles. The number of anilines is 1. The highest BCUT2D eigenvalue weighted by atomic mass is 79.9. The number of benzene rings is 2. The predicted molar refractivity (Wildman–Crippen MR) is 167 cm³/mol. The lowest BCUT2D eigenvalue weighted by Gasteiger charge is -2.11. The van der Waals surface area contributed by atoms with E-state index < -0.39 is 5.97 Å². The van der Waals surface area contributed by atoms with Crippen LogP contribution in [0.3, 0.4) is 0 Å². The van der Waals surface area contributed by atoms with Gasteiger partial charge in [-0.15, -0.1) is 22.7 Å². The second kappa shape index (κ2) is 20.4. The molecule has 2 heterocycles. The molecule has 4 N–H and O–H groups in total. The second-order valence-electron chi connectivity index (χ2n) is 8.15. The van der Waals surface area contributed by atoms with E-state index in [0.717, 1.165) is 40.2 Å². The lowest BCUT2D eigenvalue weighted by molar-refractivity contribution is -0.136. The lowest BCUT2D eigenvalue weighted by Crippen LogP contribution is -2.25. The molecule has 38 heavy (non-hydrogen) atoms. The summed E-state index contributed by atoms with van der Waals surface area (Å²) in [5, 5.41) is 17.3. The number of carboxylic acid groups (broad SMARTS) is 1. The van der Waals surface area contributed by atoms with Gasteiger partial charge in [-0.3, -0.25) is 9.59 Å². The number of Topliss-reactive ketones (excluding diaryl/α,β-unsaturated/α-hetero) is 1. The van der Waals surface area contributed by atoms with Crippen molar-refractivity contribution in [2.24, 2.45) is 5.92 Å². The maximum atomic E-state index is 11.6. The fraction of sp³-hybridized carbons (Fsp3) is 0.345. The zero-order chi connectivity index (χ0) is 28.2. The van der Waals surface area contributed by atoms with Gasteiger partial charge in [-0.05, 0) is 59.2 Å². The molecular weight excluding hydrogens is 582 g/mol. The Balaban J connectivity index is 0.000000293. The van der Waals surface area contributed by atoms with Crippen LogP contribution < -0.4 is 11.1 Å². The minimum atomic E-state index is -0.774. The smallest absolute Gasteiger partial charge is 0.307 e. The van der Waals surface area contributed by atoms with Gasteiger partial charge < -0.3 is 16.2 Å². The fourth-order valence-corrected chi connectivity index (χ4v) is 4.97. The molecule has 4 aromatic rings. The van der Waals surface area contributed by atoms with Crippen LogP contribution in [0.4, 0.5) is 5.69 Å². The Kier molecular flexibility index (Phi) is 17.9. The Morgan fingerprint density at radius 2 is 1.68 bits per heavy atom. The number of nitrogens with one attached hydrogen (secondary N) is 1. The number of fused-ring (bicyclic) bond motifs is 1. The summed E-state index contributed by atoms with van der Waals surface area (Å²) in [6.07, 6.45) is 5.38. The van der Waals surface area contributed by atoms with Crippen LogP contribution in [-0.4, -0.2) is 40.8 Å². The number of alkyl halides is 1. The number of aliphatic carboxylic acids is 1. The summed E-state index contributed by atoms with van der Waals surface area (Å²) in [6.45, 7) is 5.76. The number of hydrogen-bond acceptors (Lipinski definition) is 7. The third kappa shape index (κ3) is 13.3. The fourth-order valence-electron chi connectivity index (χ4n) is 3.43. The quantitative estimate of drug-likeness (QED) is 0.0732. The topological polar surface area (TPSA) is 105 Å². The van der Waals surface area contributed by atoms with Crippen LogP contribution in [0.1, 0.15) is 48.5 Å². The first-order chi connectivity index (χ1) is 18.4. The number of hydrogen-bond donors (Lipinski definition) is 3. The number of nitrogen functional groups attached to an aromatic ring is 1. The van der Waals surface area contributed by atoms with Crippen LogP contribution in [0.25, 0.3) is 10.1 Å². The summed E-state index contributed by atoms with van der Waals surface area (Å²) in [6, 6.07) is 17.3. The normalized spacial score (nSPS) is 9.92. The molecule has 0 radical (unpaired) electrons. The Bertz CT molecular complexity index is 1160. The molecule has 206 valence electrons. The number of nitrogens with zero attached hydrogens (tertiary/aromatic N) is 1. The number of para-hydroxylation sites is 1. The van der Waals surface area contributed by atoms with Crippen LogP contribution in [0.2, 0.25) is 0 Å². The van der Waals surface area contributed by atoms with Crippen LogP contribution in [0, 0.1) is 5.92 Å². The average molecular weight is 621 g/mol. The van der Waals surface area contributed by atoms with Gasteiger partial charge in [0.1, 0.15) is 0 Å². The van der Waals surface area contributed by atoms with Crippen molar-refractivity contribution >= 4 is 66.1 Å². The Hall–Kier alpha value is -2.59. The number of carbonyl (C=O) groups excluding carboxylic acids is 1. The first-order valence-electron chi connectivity index (χ1n) is 12.4. The van der Waals surface area contributed by atoms with E-state index in [1.807, 2.05) is 71.2 Å². The Morgan fingerprint density at radius 3 is 2.24 bits per heavy atom. The molecule has 4 rings (SSSR count). The minimum Gasteiger partial charge on any atom is -0.481 e. The van der Waals surface area contributed by atoms with Gasteiger partial charge in [-0.2, -0.15) is 0 Å². The molecule has 2 aromatic heterocycles. The van der Waals surface area contributed by atoms with E-state index in [1.165, 1.54) is 24.2 Å². The lowest BCUT2D eigenvalue weighted by atomic mass is 10.00. The third-order valence-corrected chi connectivity index (χ3v) is 7.37. The number of carboxylic acids is 1. The molecule has 0 aliphatic rings. The summed E-state index contributed by atoms with van der Waals surface area (Å²) in [4.78, 5) is 26.1. The van der Waals surface area contributed by atoms with Gasteiger partial charge in [-0.25, -0.2) is 4.98 Å². The number of thiophene rings is 1. The standard InChI is InChI=1S/C12H20N2OS.C10H8O2S.C6H7N.CH3Br/c1-3-10(4-2)5-6-13-9-11(15)12-14-7-8-16-12;11-10(12)5-7-6-13-9-4-2-1-3-8(7)9;7-6-4-2-1-3-5-6;1-2/h7-8,10,13H,3-6,9H2,1-2H3;1-4,6H,5H2,(H,11,12);1-5H,7H2;1H3. The molecule has 2 aromatic carbocycles. The van der Waals surface area contributed by atoms with E-state index in [0.29, 0.717) is 11.6 Å². The van der Waals surface area contributed by atoms with Crippen molar-refractivity contribution in [3.05, 3.63) is 82.1 Å². The SMILES string of the molecule is CBr.CCC(CC)CCNCC(=O)c1nccs1.Nc1ccccc1.O=C(O)Cc1csc2ccccc12. The molecule has 0 spiro atoms. The van der Waals surface area contributed by atoms with Gasteiger partial charge in [0.15, 0.2) is 5.01 Å². The number of nitrogens with two attached hydrogens (primary N) is 1. The molecule has 0 unspecified atom stereocenters. The van der Waals surface area contributed by atoms with Crippen molar-refractivity contribution in [1.82, 2.24) is 10.3 Å². The summed E-state index contributed by atoms with van der Waals surface area (Å²) >= 11 is 5.93. The zero-order valence-electron chi connectivity index (χ0n) is 22.2. The van der Waals surface area contributed by atoms with Crippen molar-refractivity contribution in [1.29, 1.82) is 0 Å². The first-order valence-corrected chi connectivity index (χ1v) is 15.8. The molecule has 9 heteroatoms. The van der Waals surface area contributed by atoms with Crippen molar-refractivity contribution in [3.8, 4) is 0 Å². The molecule has 0 amide bonds. The Morgan fingerprint density at radius 1 is 1.03 bits per heavy atom. The second-order valence-corrected chi connectivity index (χ2v) is 9.95. The molecular formula is C29H38BrN3O3S2. The van der Waals surface area contributed by atoms with E-state index in [4.69, 9.17) is 10.8 Å². The van der Waals surface area contributed by atoms with Gasteiger partial charge in [0, 0.05) is 22.0 Å². The van der Waals surface area contributed by atoms with Gasteiger partial charge in [0.05, 0.1) is 13.0 Å². The highest BCUT2D eigenvalue weighted by Crippen LogP contribution is 2.25. The van der Waals surface area contributed by atoms with Gasteiger partial charge in [0.25, 0.3) is 0 Å². The van der Waals surface area contributed by atoms with E-state index in [-0.39, 0.29) is 12.2 Å². The first kappa shape index (κ1) is 33.4. The summed E-state index contributed by atoms with van der Waals surface area (Å²) < 4.78 is 1.15. The van der Waals surface area contributed by atoms with Crippen LogP contribution in [0.15, 0.2) is 71.6 Å². The number of aromatic nitrogens is 1. The molecule has 0 saturated heterocycles. The number of ketones is 1. The summed E-state index contributed by atoms with van der Waals surface area (Å²) in [5.41, 5.74) is 7.09. The van der Waals surface area contributed by atoms with Crippen molar-refractivity contribution < 1.29 is 14.7 Å². The van der Waals surface area contributed by atoms with E-state index in [1.54, 1.807) is 17.5 Å². The molecule has 0 atom stereocenters. The maximum absolute atomic E-state index is 11.6.